The van der Waals surface area contributed by atoms with E-state index in [1.165, 1.54) is 0 Å². The summed E-state index contributed by atoms with van der Waals surface area (Å²) in [6, 6.07) is 5.58. The van der Waals surface area contributed by atoms with Gasteiger partial charge in [-0.1, -0.05) is 18.2 Å². The summed E-state index contributed by atoms with van der Waals surface area (Å²) in [6.07, 6.45) is 0.374. The number of benzene rings is 1. The molecular weight excluding hydrogens is 188 g/mol. The summed E-state index contributed by atoms with van der Waals surface area (Å²) in [4.78, 5) is 11.8. The maximum atomic E-state index is 11.8. The molecule has 0 aliphatic carbocycles. The number of ether oxygens (including phenoxy) is 1. The molecule has 0 aromatic heterocycles. The van der Waals surface area contributed by atoms with Crippen LogP contribution in [0.5, 0.6) is 5.75 Å². The highest BCUT2D eigenvalue weighted by Gasteiger charge is 2.11. The highest BCUT2D eigenvalue weighted by atomic mass is 16.5. The van der Waals surface area contributed by atoms with Gasteiger partial charge >= 0.3 is 0 Å². The monoisotopic (exact) mass is 204 g/mol. The highest BCUT2D eigenvalue weighted by molar-refractivity contribution is 5.99. The van der Waals surface area contributed by atoms with Gasteiger partial charge in [0.2, 0.25) is 0 Å². The van der Waals surface area contributed by atoms with E-state index < -0.39 is 0 Å². The lowest BCUT2D eigenvalue weighted by atomic mass is 10.0. The van der Waals surface area contributed by atoms with Crippen molar-refractivity contribution in [1.29, 1.82) is 0 Å². The zero-order valence-corrected chi connectivity index (χ0v) is 9.46. The third-order valence-electron chi connectivity index (χ3n) is 2.12. The van der Waals surface area contributed by atoms with Crippen molar-refractivity contribution in [2.45, 2.75) is 20.3 Å². The van der Waals surface area contributed by atoms with Crippen LogP contribution >= 0.6 is 0 Å². The number of allylic oxidation sites excluding steroid dienone is 1. The number of rotatable bonds is 4. The van der Waals surface area contributed by atoms with Crippen LogP contribution < -0.4 is 4.74 Å². The molecule has 0 aliphatic heterocycles. The van der Waals surface area contributed by atoms with E-state index in [1.807, 2.05) is 26.0 Å². The van der Waals surface area contributed by atoms with E-state index in [4.69, 9.17) is 4.74 Å². The van der Waals surface area contributed by atoms with Gasteiger partial charge in [-0.15, -0.1) is 0 Å². The summed E-state index contributed by atoms with van der Waals surface area (Å²) >= 11 is 0. The Bertz CT molecular complexity index is 392. The van der Waals surface area contributed by atoms with Crippen molar-refractivity contribution in [3.63, 3.8) is 0 Å². The quantitative estimate of drug-likeness (QED) is 0.556. The molecule has 80 valence electrons. The third kappa shape index (κ3) is 2.94. The van der Waals surface area contributed by atoms with Gasteiger partial charge in [0.1, 0.15) is 5.75 Å². The Kier molecular flexibility index (Phi) is 3.67. The first kappa shape index (κ1) is 11.5. The van der Waals surface area contributed by atoms with Crippen LogP contribution in [0.15, 0.2) is 30.4 Å². The minimum Gasteiger partial charge on any atom is -0.496 e. The Morgan fingerprint density at radius 3 is 2.67 bits per heavy atom. The molecule has 15 heavy (non-hydrogen) atoms. The molecule has 0 bridgehead atoms. The van der Waals surface area contributed by atoms with Crippen molar-refractivity contribution in [2.75, 3.05) is 7.11 Å². The fourth-order valence-corrected chi connectivity index (χ4v) is 1.40. The predicted octanol–water partition coefficient (Wildman–Crippen LogP) is 3.15. The van der Waals surface area contributed by atoms with Crippen LogP contribution in [0.2, 0.25) is 0 Å². The first-order valence-corrected chi connectivity index (χ1v) is 4.87. The van der Waals surface area contributed by atoms with Gasteiger partial charge in [-0.3, -0.25) is 4.79 Å². The number of Topliss-reactive ketones (excluding diaryl/α,β-unsaturated/α-hetero) is 1. The van der Waals surface area contributed by atoms with Crippen molar-refractivity contribution in [2.24, 2.45) is 0 Å². The fourth-order valence-electron chi connectivity index (χ4n) is 1.40. The summed E-state index contributed by atoms with van der Waals surface area (Å²) in [7, 11) is 1.58. The van der Waals surface area contributed by atoms with E-state index >= 15 is 0 Å². The fraction of sp³-hybridized carbons (Fsp3) is 0.308. The van der Waals surface area contributed by atoms with E-state index in [9.17, 15) is 4.79 Å². The van der Waals surface area contributed by atoms with Crippen LogP contribution in [-0.2, 0) is 0 Å². The number of carbonyl (C=O) groups excluding carboxylic acids is 1. The van der Waals surface area contributed by atoms with Crippen LogP contribution in [0.4, 0.5) is 0 Å². The standard InChI is InChI=1S/C13H16O2/c1-9(2)7-12(14)11-6-5-10(3)8-13(11)15-4/h5-6,8H,1,7H2,2-4H3. The molecule has 0 saturated heterocycles. The number of hydrogen-bond donors (Lipinski definition) is 0. The second kappa shape index (κ2) is 4.78. The molecule has 0 unspecified atom stereocenters. The molecule has 2 heteroatoms. The zero-order valence-electron chi connectivity index (χ0n) is 9.46. The molecule has 2 nitrogen and oxygen atoms in total. The van der Waals surface area contributed by atoms with E-state index in [0.717, 1.165) is 11.1 Å². The lowest BCUT2D eigenvalue weighted by Crippen LogP contribution is -2.02. The summed E-state index contributed by atoms with van der Waals surface area (Å²) < 4.78 is 5.18. The zero-order chi connectivity index (χ0) is 11.4. The SMILES string of the molecule is C=C(C)CC(=O)c1ccc(C)cc1OC. The highest BCUT2D eigenvalue weighted by Crippen LogP contribution is 2.22. The predicted molar refractivity (Wildman–Crippen MR) is 61.5 cm³/mol. The maximum Gasteiger partial charge on any atom is 0.170 e. The van der Waals surface area contributed by atoms with Crippen molar-refractivity contribution in [3.8, 4) is 5.75 Å². The molecule has 0 amide bonds. The van der Waals surface area contributed by atoms with Crippen LogP contribution in [0.25, 0.3) is 0 Å². The van der Waals surface area contributed by atoms with Crippen LogP contribution in [0.3, 0.4) is 0 Å². The number of ketones is 1. The minimum absolute atomic E-state index is 0.0550. The molecule has 0 atom stereocenters. The molecule has 1 rings (SSSR count). The van der Waals surface area contributed by atoms with E-state index in [0.29, 0.717) is 17.7 Å². The second-order valence-corrected chi connectivity index (χ2v) is 3.76. The van der Waals surface area contributed by atoms with Gasteiger partial charge in [0, 0.05) is 6.42 Å². The van der Waals surface area contributed by atoms with Crippen LogP contribution in [0, 0.1) is 6.92 Å². The smallest absolute Gasteiger partial charge is 0.170 e. The summed E-state index contributed by atoms with van der Waals surface area (Å²) in [6.45, 7) is 7.55. The number of carbonyl (C=O) groups is 1. The second-order valence-electron chi connectivity index (χ2n) is 3.76. The molecule has 0 heterocycles. The Labute approximate surface area is 90.6 Å². The Hall–Kier alpha value is -1.57. The molecule has 0 N–H and O–H groups in total. The first-order chi connectivity index (χ1) is 7.04. The topological polar surface area (TPSA) is 26.3 Å². The lowest BCUT2D eigenvalue weighted by Gasteiger charge is -2.08. The van der Waals surface area contributed by atoms with Gasteiger partial charge in [0.25, 0.3) is 0 Å². The molecule has 0 spiro atoms. The van der Waals surface area contributed by atoms with Gasteiger partial charge in [-0.2, -0.15) is 0 Å². The van der Waals surface area contributed by atoms with E-state index in [-0.39, 0.29) is 5.78 Å². The molecule has 0 fully saturated rings. The Morgan fingerprint density at radius 1 is 1.47 bits per heavy atom. The van der Waals surface area contributed by atoms with Crippen molar-refractivity contribution in [1.82, 2.24) is 0 Å². The van der Waals surface area contributed by atoms with E-state index in [1.54, 1.807) is 13.2 Å². The Balaban J connectivity index is 3.02. The van der Waals surface area contributed by atoms with Gasteiger partial charge in [0.05, 0.1) is 12.7 Å². The summed E-state index contributed by atoms with van der Waals surface area (Å²) in [5.74, 6) is 0.695. The van der Waals surface area contributed by atoms with Gasteiger partial charge < -0.3 is 4.74 Å². The number of methoxy groups -OCH3 is 1. The van der Waals surface area contributed by atoms with Gasteiger partial charge in [-0.05, 0) is 31.5 Å². The van der Waals surface area contributed by atoms with Crippen molar-refractivity contribution >= 4 is 5.78 Å². The lowest BCUT2D eigenvalue weighted by molar-refractivity contribution is 0.0990. The van der Waals surface area contributed by atoms with E-state index in [2.05, 4.69) is 6.58 Å². The summed E-state index contributed by atoms with van der Waals surface area (Å²) in [5.41, 5.74) is 2.58. The summed E-state index contributed by atoms with van der Waals surface area (Å²) in [5, 5.41) is 0. The molecule has 0 radical (unpaired) electrons. The maximum absolute atomic E-state index is 11.8. The molecule has 1 aromatic carbocycles. The molecule has 0 saturated carbocycles. The number of aryl methyl sites for hydroxylation is 1. The Morgan fingerprint density at radius 2 is 2.13 bits per heavy atom. The third-order valence-corrected chi connectivity index (χ3v) is 2.12. The molecular formula is C13H16O2. The minimum atomic E-state index is 0.0550. The van der Waals surface area contributed by atoms with Crippen molar-refractivity contribution in [3.05, 3.63) is 41.5 Å². The average Bonchev–Trinajstić information content (AvgIpc) is 2.16. The van der Waals surface area contributed by atoms with Gasteiger partial charge in [0.15, 0.2) is 5.78 Å². The van der Waals surface area contributed by atoms with Crippen LogP contribution in [-0.4, -0.2) is 12.9 Å². The van der Waals surface area contributed by atoms with Gasteiger partial charge in [-0.25, -0.2) is 0 Å². The largest absolute Gasteiger partial charge is 0.496 e. The molecule has 1 aromatic rings. The van der Waals surface area contributed by atoms with Crippen molar-refractivity contribution < 1.29 is 9.53 Å². The molecule has 0 aliphatic rings. The number of hydrogen-bond acceptors (Lipinski definition) is 2. The van der Waals surface area contributed by atoms with Crippen LogP contribution in [0.1, 0.15) is 29.3 Å². The average molecular weight is 204 g/mol. The normalized spacial score (nSPS) is 9.80. The first-order valence-electron chi connectivity index (χ1n) is 4.87.